The number of benzene rings is 2. The number of piperazine rings is 1. The molecular formula is C32H36F3N5O2. The largest absolute Gasteiger partial charge is 0.496 e. The summed E-state index contributed by atoms with van der Waals surface area (Å²) in [5.41, 5.74) is 3.68. The predicted molar refractivity (Wildman–Crippen MR) is 158 cm³/mol. The van der Waals surface area contributed by atoms with Gasteiger partial charge in [-0.1, -0.05) is 19.1 Å². The molecular weight excluding hydrogens is 543 g/mol. The van der Waals surface area contributed by atoms with Crippen molar-refractivity contribution in [3.8, 4) is 5.75 Å². The van der Waals surface area contributed by atoms with Crippen LogP contribution in [0.4, 0.5) is 18.9 Å². The summed E-state index contributed by atoms with van der Waals surface area (Å²) in [7, 11) is 1.63. The van der Waals surface area contributed by atoms with Crippen LogP contribution in [0.1, 0.15) is 45.1 Å². The van der Waals surface area contributed by atoms with E-state index in [0.29, 0.717) is 18.4 Å². The number of likely N-dealkylation sites (N-methyl/N-ethyl adjacent to an activating group) is 1. The number of hydrogen-bond acceptors (Lipinski definition) is 5. The molecule has 1 amide bonds. The van der Waals surface area contributed by atoms with Crippen molar-refractivity contribution in [2.24, 2.45) is 0 Å². The number of amides is 1. The van der Waals surface area contributed by atoms with E-state index in [9.17, 15) is 18.0 Å². The van der Waals surface area contributed by atoms with Crippen molar-refractivity contribution in [2.75, 3.05) is 45.2 Å². The summed E-state index contributed by atoms with van der Waals surface area (Å²) in [6, 6.07) is 11.3. The van der Waals surface area contributed by atoms with Gasteiger partial charge >= 0.3 is 6.18 Å². The summed E-state index contributed by atoms with van der Waals surface area (Å²) >= 11 is 0. The van der Waals surface area contributed by atoms with E-state index >= 15 is 0 Å². The van der Waals surface area contributed by atoms with Gasteiger partial charge in [0.1, 0.15) is 11.4 Å². The number of carbonyl (C=O) groups is 1. The molecule has 42 heavy (non-hydrogen) atoms. The van der Waals surface area contributed by atoms with Crippen molar-refractivity contribution in [3.05, 3.63) is 88.2 Å². The van der Waals surface area contributed by atoms with E-state index in [-0.39, 0.29) is 17.8 Å². The molecule has 0 aliphatic carbocycles. The molecule has 2 aromatic carbocycles. The minimum absolute atomic E-state index is 0.115. The fourth-order valence-electron chi connectivity index (χ4n) is 5.56. The Morgan fingerprint density at radius 1 is 1.00 bits per heavy atom. The predicted octanol–water partition coefficient (Wildman–Crippen LogP) is 6.07. The zero-order valence-corrected chi connectivity index (χ0v) is 24.1. The van der Waals surface area contributed by atoms with Gasteiger partial charge in [0.15, 0.2) is 0 Å². The molecule has 1 aliphatic rings. The van der Waals surface area contributed by atoms with Crippen LogP contribution in [0, 0.1) is 6.92 Å². The Labute approximate surface area is 243 Å². The Morgan fingerprint density at radius 2 is 1.74 bits per heavy atom. The van der Waals surface area contributed by atoms with Crippen LogP contribution >= 0.6 is 0 Å². The molecule has 2 aromatic heterocycles. The van der Waals surface area contributed by atoms with Crippen LogP contribution in [0.5, 0.6) is 5.75 Å². The van der Waals surface area contributed by atoms with Crippen molar-refractivity contribution < 1.29 is 22.7 Å². The monoisotopic (exact) mass is 579 g/mol. The minimum atomic E-state index is -4.53. The molecule has 10 heteroatoms. The van der Waals surface area contributed by atoms with Gasteiger partial charge in [-0.05, 0) is 73.3 Å². The molecule has 1 aliphatic heterocycles. The molecule has 0 spiro atoms. The third-order valence-electron chi connectivity index (χ3n) is 8.07. The molecule has 0 bridgehead atoms. The normalized spacial score (nSPS) is 14.8. The van der Waals surface area contributed by atoms with Gasteiger partial charge in [-0.15, -0.1) is 0 Å². The molecule has 3 heterocycles. The molecule has 0 atom stereocenters. The zero-order chi connectivity index (χ0) is 29.9. The molecule has 0 unspecified atom stereocenters. The molecule has 0 saturated carbocycles. The first-order valence-electron chi connectivity index (χ1n) is 14.2. The van der Waals surface area contributed by atoms with Crippen LogP contribution in [0.2, 0.25) is 0 Å². The highest BCUT2D eigenvalue weighted by molar-refractivity contribution is 6.04. The summed E-state index contributed by atoms with van der Waals surface area (Å²) in [5.74, 6) is 0.306. The quantitative estimate of drug-likeness (QED) is 0.252. The van der Waals surface area contributed by atoms with Crippen molar-refractivity contribution in [1.29, 1.82) is 0 Å². The highest BCUT2D eigenvalue weighted by atomic mass is 19.4. The smallest absolute Gasteiger partial charge is 0.416 e. The van der Waals surface area contributed by atoms with Crippen LogP contribution in [-0.4, -0.2) is 65.5 Å². The number of fused-ring (bicyclic) bond motifs is 1. The molecule has 222 valence electrons. The Morgan fingerprint density at radius 3 is 2.45 bits per heavy atom. The lowest BCUT2D eigenvalue weighted by Crippen LogP contribution is -2.45. The second kappa shape index (κ2) is 12.5. The lowest BCUT2D eigenvalue weighted by Gasteiger charge is -2.34. The topological polar surface area (TPSA) is 73.5 Å². The summed E-state index contributed by atoms with van der Waals surface area (Å²) < 4.78 is 47.8. The average Bonchev–Trinajstić information content (AvgIpc) is 3.46. The second-order valence-corrected chi connectivity index (χ2v) is 10.7. The second-order valence-electron chi connectivity index (χ2n) is 10.7. The number of pyridine rings is 1. The number of aromatic amines is 1. The molecule has 4 aromatic rings. The van der Waals surface area contributed by atoms with Crippen LogP contribution in [-0.2, 0) is 25.6 Å². The molecule has 5 rings (SSSR count). The maximum absolute atomic E-state index is 14.0. The van der Waals surface area contributed by atoms with Crippen molar-refractivity contribution in [1.82, 2.24) is 19.8 Å². The maximum atomic E-state index is 14.0. The number of nitrogens with zero attached hydrogens (tertiary/aromatic N) is 3. The number of methoxy groups -OCH3 is 1. The van der Waals surface area contributed by atoms with E-state index in [2.05, 4.69) is 27.1 Å². The maximum Gasteiger partial charge on any atom is 0.416 e. The van der Waals surface area contributed by atoms with E-state index in [1.165, 1.54) is 6.07 Å². The number of H-pyrrole nitrogens is 1. The summed E-state index contributed by atoms with van der Waals surface area (Å²) in [6.07, 6.45) is 0.359. The molecule has 1 fully saturated rings. The number of alkyl halides is 3. The Hall–Kier alpha value is -3.89. The van der Waals surface area contributed by atoms with Crippen molar-refractivity contribution in [3.63, 3.8) is 0 Å². The van der Waals surface area contributed by atoms with Crippen molar-refractivity contribution >= 4 is 22.6 Å². The number of carbonyl (C=O) groups excluding carboxylic acids is 1. The van der Waals surface area contributed by atoms with Gasteiger partial charge in [0, 0.05) is 61.9 Å². The average molecular weight is 580 g/mol. The summed E-state index contributed by atoms with van der Waals surface area (Å²) in [4.78, 5) is 25.0. The first kappa shape index (κ1) is 29.6. The van der Waals surface area contributed by atoms with Crippen LogP contribution in [0.3, 0.4) is 0 Å². The Kier molecular flexibility index (Phi) is 8.84. The first-order chi connectivity index (χ1) is 20.2. The molecule has 2 N–H and O–H groups in total. The van der Waals surface area contributed by atoms with E-state index in [4.69, 9.17) is 4.74 Å². The van der Waals surface area contributed by atoms with Gasteiger partial charge < -0.3 is 19.9 Å². The number of hydrogen-bond donors (Lipinski definition) is 2. The fraction of sp³-hybridized carbons (Fsp3) is 0.375. The molecule has 1 saturated heterocycles. The lowest BCUT2D eigenvalue weighted by atomic mass is 9.98. The highest BCUT2D eigenvalue weighted by Gasteiger charge is 2.34. The fourth-order valence-corrected chi connectivity index (χ4v) is 5.56. The lowest BCUT2D eigenvalue weighted by molar-refractivity contribution is -0.138. The number of halogens is 3. The van der Waals surface area contributed by atoms with Gasteiger partial charge in [-0.25, -0.2) is 4.98 Å². The summed E-state index contributed by atoms with van der Waals surface area (Å²) in [5, 5.41) is 3.58. The molecule has 0 radical (unpaired) electrons. The minimum Gasteiger partial charge on any atom is -0.496 e. The van der Waals surface area contributed by atoms with Gasteiger partial charge in [-0.3, -0.25) is 9.69 Å². The number of anilines is 1. The Balaban J connectivity index is 1.29. The van der Waals surface area contributed by atoms with Crippen LogP contribution in [0.25, 0.3) is 11.0 Å². The van der Waals surface area contributed by atoms with E-state index < -0.39 is 17.6 Å². The van der Waals surface area contributed by atoms with Gasteiger partial charge in [0.2, 0.25) is 0 Å². The zero-order valence-electron chi connectivity index (χ0n) is 24.1. The van der Waals surface area contributed by atoms with Gasteiger partial charge in [0.25, 0.3) is 5.91 Å². The Bertz CT molecular complexity index is 1560. The number of rotatable bonds is 9. The van der Waals surface area contributed by atoms with E-state index in [1.807, 2.05) is 30.2 Å². The highest BCUT2D eigenvalue weighted by Crippen LogP contribution is 2.35. The number of ether oxygens (including phenoxy) is 1. The number of aromatic nitrogens is 2. The van der Waals surface area contributed by atoms with E-state index in [0.717, 1.165) is 72.3 Å². The van der Waals surface area contributed by atoms with Gasteiger partial charge in [0.05, 0.1) is 18.1 Å². The number of aryl methyl sites for hydroxylation is 3. The van der Waals surface area contributed by atoms with Crippen molar-refractivity contribution in [2.45, 2.75) is 39.4 Å². The third kappa shape index (κ3) is 6.60. The third-order valence-corrected chi connectivity index (χ3v) is 8.07. The summed E-state index contributed by atoms with van der Waals surface area (Å²) in [6.45, 7) is 8.36. The first-order valence-corrected chi connectivity index (χ1v) is 14.2. The van der Waals surface area contributed by atoms with Gasteiger partial charge in [-0.2, -0.15) is 13.2 Å². The molecule has 7 nitrogen and oxygen atoms in total. The number of nitrogens with one attached hydrogen (secondary N) is 2. The van der Waals surface area contributed by atoms with Crippen LogP contribution in [0.15, 0.2) is 54.9 Å². The van der Waals surface area contributed by atoms with Crippen LogP contribution < -0.4 is 10.1 Å². The standard InChI is InChI=1S/C32H36F3N5O2/c1-4-39-13-15-40(16-14-39)20-25-9-10-26(18-28(25)32(33,34)35)38-31(41)23-6-5-21(2)22(17-23)7-8-24-19-37-30-27(11-12-36-30)29(24)42-3/h5-6,9-12,17-19H,4,7-8,13-16,20H2,1-3H3,(H,36,37)(H,38,41). The SMILES string of the molecule is CCN1CCN(Cc2ccc(NC(=O)c3ccc(C)c(CCc4cnc5[nH]ccc5c4OC)c3)cc2C(F)(F)F)CC1. The van der Waals surface area contributed by atoms with E-state index in [1.54, 1.807) is 31.5 Å².